The minimum absolute atomic E-state index is 0.0472. The van der Waals surface area contributed by atoms with Crippen LogP contribution in [-0.2, 0) is 16.0 Å². The lowest BCUT2D eigenvalue weighted by molar-refractivity contribution is -0.132. The van der Waals surface area contributed by atoms with Crippen LogP contribution in [0.15, 0.2) is 24.3 Å². The molecule has 0 aromatic heterocycles. The fraction of sp³-hybridized carbons (Fsp3) is 0.636. The van der Waals surface area contributed by atoms with Crippen molar-refractivity contribution >= 4 is 17.5 Å². The third-order valence-corrected chi connectivity index (χ3v) is 5.58. The van der Waals surface area contributed by atoms with Crippen LogP contribution in [0.25, 0.3) is 0 Å². The number of nitrogens with one attached hydrogen (secondary N) is 1. The molecule has 0 aliphatic carbocycles. The van der Waals surface area contributed by atoms with E-state index in [0.29, 0.717) is 32.2 Å². The molecule has 0 radical (unpaired) electrons. The first-order valence-electron chi connectivity index (χ1n) is 10.4. The second-order valence-corrected chi connectivity index (χ2v) is 9.10. The molecule has 2 heterocycles. The topological polar surface area (TPSA) is 55.9 Å². The second kappa shape index (κ2) is 8.52. The molecule has 0 spiro atoms. The van der Waals surface area contributed by atoms with Crippen molar-refractivity contribution in [1.29, 1.82) is 0 Å². The molecule has 2 amide bonds. The lowest BCUT2D eigenvalue weighted by atomic mass is 9.96. The molecule has 1 aromatic carbocycles. The number of para-hydroxylation sites is 1. The summed E-state index contributed by atoms with van der Waals surface area (Å²) in [4.78, 5) is 31.4. The van der Waals surface area contributed by atoms with E-state index in [2.05, 4.69) is 46.3 Å². The molecule has 154 valence electrons. The van der Waals surface area contributed by atoms with Gasteiger partial charge in [0.15, 0.2) is 0 Å². The smallest absolute Gasteiger partial charge is 0.242 e. The van der Waals surface area contributed by atoms with Crippen LogP contribution in [-0.4, -0.2) is 72.5 Å². The number of hydrogen-bond donors (Lipinski definition) is 1. The predicted molar refractivity (Wildman–Crippen MR) is 112 cm³/mol. The number of aryl methyl sites for hydroxylation is 1. The predicted octanol–water partition coefficient (Wildman–Crippen LogP) is 1.89. The van der Waals surface area contributed by atoms with E-state index in [1.54, 1.807) is 0 Å². The number of carbonyl (C=O) groups excluding carboxylic acids is 2. The Balaban J connectivity index is 1.51. The maximum atomic E-state index is 12.9. The monoisotopic (exact) mass is 386 g/mol. The molecular weight excluding hydrogens is 352 g/mol. The van der Waals surface area contributed by atoms with Crippen LogP contribution < -0.4 is 10.2 Å². The van der Waals surface area contributed by atoms with Crippen molar-refractivity contribution in [2.24, 2.45) is 0 Å². The zero-order valence-corrected chi connectivity index (χ0v) is 17.7. The number of piperazine rings is 1. The maximum absolute atomic E-state index is 12.9. The van der Waals surface area contributed by atoms with E-state index >= 15 is 0 Å². The highest BCUT2D eigenvalue weighted by Gasteiger charge is 2.28. The van der Waals surface area contributed by atoms with E-state index in [1.165, 1.54) is 11.3 Å². The lowest BCUT2D eigenvalue weighted by Crippen LogP contribution is -2.54. The molecule has 1 saturated heterocycles. The van der Waals surface area contributed by atoms with Gasteiger partial charge in [-0.05, 0) is 52.2 Å². The molecule has 6 nitrogen and oxygen atoms in total. The van der Waals surface area contributed by atoms with E-state index < -0.39 is 0 Å². The Kier molecular flexibility index (Phi) is 6.28. The number of amides is 2. The molecule has 1 fully saturated rings. The SMILES string of the molecule is C[C@H]1CCc2ccccc2N1CC(=O)N1CCN(CC(=O)NC(C)(C)C)CC1. The maximum Gasteiger partial charge on any atom is 0.242 e. The summed E-state index contributed by atoms with van der Waals surface area (Å²) in [6.45, 7) is 11.9. The Hall–Kier alpha value is -2.08. The first kappa shape index (κ1) is 20.6. The third kappa shape index (κ3) is 5.25. The molecule has 2 aliphatic heterocycles. The van der Waals surface area contributed by atoms with Gasteiger partial charge in [-0.3, -0.25) is 14.5 Å². The molecule has 0 saturated carbocycles. The molecule has 6 heteroatoms. The molecule has 1 atom stereocenters. The highest BCUT2D eigenvalue weighted by Crippen LogP contribution is 2.30. The summed E-state index contributed by atoms with van der Waals surface area (Å²) in [6.07, 6.45) is 2.16. The van der Waals surface area contributed by atoms with E-state index in [9.17, 15) is 9.59 Å². The number of hydrogen-bond acceptors (Lipinski definition) is 4. The summed E-state index contributed by atoms with van der Waals surface area (Å²) in [7, 11) is 0. The van der Waals surface area contributed by atoms with Crippen LogP contribution >= 0.6 is 0 Å². The van der Waals surface area contributed by atoms with Gasteiger partial charge in [-0.1, -0.05) is 18.2 Å². The Labute approximate surface area is 168 Å². The first-order valence-corrected chi connectivity index (χ1v) is 10.4. The second-order valence-electron chi connectivity index (χ2n) is 9.10. The number of benzene rings is 1. The number of carbonyl (C=O) groups is 2. The number of fused-ring (bicyclic) bond motifs is 1. The molecule has 0 bridgehead atoms. The van der Waals surface area contributed by atoms with Crippen LogP contribution in [0, 0.1) is 0 Å². The van der Waals surface area contributed by atoms with Crippen molar-refractivity contribution in [3.63, 3.8) is 0 Å². The third-order valence-electron chi connectivity index (χ3n) is 5.58. The molecule has 2 aliphatic rings. The summed E-state index contributed by atoms with van der Waals surface area (Å²) in [5.41, 5.74) is 2.33. The van der Waals surface area contributed by atoms with Crippen LogP contribution in [0.4, 0.5) is 5.69 Å². The van der Waals surface area contributed by atoms with Crippen molar-refractivity contribution in [1.82, 2.24) is 15.1 Å². The van der Waals surface area contributed by atoms with Crippen LogP contribution in [0.3, 0.4) is 0 Å². The van der Waals surface area contributed by atoms with Gasteiger partial charge in [-0.15, -0.1) is 0 Å². The summed E-state index contributed by atoms with van der Waals surface area (Å²) < 4.78 is 0. The Bertz CT molecular complexity index is 705. The summed E-state index contributed by atoms with van der Waals surface area (Å²) >= 11 is 0. The molecule has 0 unspecified atom stereocenters. The number of nitrogens with zero attached hydrogens (tertiary/aromatic N) is 3. The fourth-order valence-electron chi connectivity index (χ4n) is 4.06. The van der Waals surface area contributed by atoms with Gasteiger partial charge >= 0.3 is 0 Å². The fourth-order valence-corrected chi connectivity index (χ4v) is 4.06. The highest BCUT2D eigenvalue weighted by molar-refractivity contribution is 5.82. The lowest BCUT2D eigenvalue weighted by Gasteiger charge is -2.39. The van der Waals surface area contributed by atoms with Gasteiger partial charge in [-0.2, -0.15) is 0 Å². The van der Waals surface area contributed by atoms with E-state index in [-0.39, 0.29) is 17.4 Å². The highest BCUT2D eigenvalue weighted by atomic mass is 16.2. The Morgan fingerprint density at radius 2 is 1.75 bits per heavy atom. The Morgan fingerprint density at radius 3 is 2.43 bits per heavy atom. The van der Waals surface area contributed by atoms with Gasteiger partial charge in [0.05, 0.1) is 13.1 Å². The molecular formula is C22H34N4O2. The number of rotatable bonds is 4. The van der Waals surface area contributed by atoms with E-state index in [4.69, 9.17) is 0 Å². The average Bonchev–Trinajstić information content (AvgIpc) is 2.63. The van der Waals surface area contributed by atoms with Crippen molar-refractivity contribution in [3.05, 3.63) is 29.8 Å². The Morgan fingerprint density at radius 1 is 1.07 bits per heavy atom. The largest absolute Gasteiger partial charge is 0.359 e. The van der Waals surface area contributed by atoms with E-state index in [0.717, 1.165) is 25.9 Å². The van der Waals surface area contributed by atoms with E-state index in [1.807, 2.05) is 25.7 Å². The quantitative estimate of drug-likeness (QED) is 0.859. The zero-order chi connectivity index (χ0) is 20.3. The summed E-state index contributed by atoms with van der Waals surface area (Å²) in [5, 5.41) is 3.00. The normalized spacial score (nSPS) is 20.6. The summed E-state index contributed by atoms with van der Waals surface area (Å²) in [6, 6.07) is 8.80. The van der Waals surface area contributed by atoms with Gasteiger partial charge in [0, 0.05) is 43.4 Å². The standard InChI is InChI=1S/C22H34N4O2/c1-17-9-10-18-7-5-6-8-19(18)26(17)16-21(28)25-13-11-24(12-14-25)15-20(27)23-22(2,3)4/h5-8,17H,9-16H2,1-4H3,(H,23,27)/t17-/m0/s1. The minimum atomic E-state index is -0.212. The first-order chi connectivity index (χ1) is 13.2. The van der Waals surface area contributed by atoms with Crippen LogP contribution in [0.5, 0.6) is 0 Å². The molecule has 3 rings (SSSR count). The van der Waals surface area contributed by atoms with Crippen molar-refractivity contribution in [2.45, 2.75) is 52.1 Å². The van der Waals surface area contributed by atoms with Gasteiger partial charge in [0.25, 0.3) is 0 Å². The van der Waals surface area contributed by atoms with Crippen molar-refractivity contribution in [2.75, 3.05) is 44.2 Å². The van der Waals surface area contributed by atoms with Gasteiger partial charge in [0.1, 0.15) is 0 Å². The van der Waals surface area contributed by atoms with Gasteiger partial charge in [-0.25, -0.2) is 0 Å². The van der Waals surface area contributed by atoms with Crippen LogP contribution in [0.2, 0.25) is 0 Å². The molecule has 28 heavy (non-hydrogen) atoms. The minimum Gasteiger partial charge on any atom is -0.359 e. The van der Waals surface area contributed by atoms with Gasteiger partial charge in [0.2, 0.25) is 11.8 Å². The summed E-state index contributed by atoms with van der Waals surface area (Å²) in [5.74, 6) is 0.230. The molecule has 1 aromatic rings. The average molecular weight is 387 g/mol. The number of anilines is 1. The molecule has 1 N–H and O–H groups in total. The van der Waals surface area contributed by atoms with Crippen molar-refractivity contribution in [3.8, 4) is 0 Å². The zero-order valence-electron chi connectivity index (χ0n) is 17.7. The van der Waals surface area contributed by atoms with Crippen molar-refractivity contribution < 1.29 is 9.59 Å². The van der Waals surface area contributed by atoms with Crippen LogP contribution in [0.1, 0.15) is 39.7 Å². The van der Waals surface area contributed by atoms with Gasteiger partial charge < -0.3 is 15.1 Å².